The molecule has 9 heavy (non-hydrogen) atoms. The Hall–Kier alpha value is -0.520. The van der Waals surface area contributed by atoms with Gasteiger partial charge in [0.15, 0.2) is 0 Å². The summed E-state index contributed by atoms with van der Waals surface area (Å²) < 4.78 is 0. The largest absolute Gasteiger partial charge is 0.0998 e. The van der Waals surface area contributed by atoms with Gasteiger partial charge in [0.1, 0.15) is 0 Å². The Morgan fingerprint density at radius 3 is 2.22 bits per heavy atom. The molecule has 0 heterocycles. The molecule has 0 radical (unpaired) electrons. The molecule has 0 atom stereocenters. The molecule has 0 spiro atoms. The normalized spacial score (nSPS) is 20.1. The lowest BCUT2D eigenvalue weighted by Gasteiger charge is -2.14. The summed E-state index contributed by atoms with van der Waals surface area (Å²) in [6.07, 6.45) is 7.20. The van der Waals surface area contributed by atoms with Crippen LogP contribution in [0.15, 0.2) is 23.8 Å². The Balaban J connectivity index is 2.44. The summed E-state index contributed by atoms with van der Waals surface area (Å²) in [5, 5.41) is 0. The van der Waals surface area contributed by atoms with Crippen molar-refractivity contribution in [2.75, 3.05) is 0 Å². The third kappa shape index (κ3) is 1.70. The Morgan fingerprint density at radius 1 is 1.22 bits per heavy atom. The van der Waals surface area contributed by atoms with Gasteiger partial charge >= 0.3 is 0 Å². The van der Waals surface area contributed by atoms with Crippen LogP contribution >= 0.6 is 0 Å². The third-order valence-corrected chi connectivity index (χ3v) is 2.01. The van der Waals surface area contributed by atoms with Crippen molar-refractivity contribution in [2.24, 2.45) is 0 Å². The first-order valence-electron chi connectivity index (χ1n) is 3.63. The van der Waals surface area contributed by atoms with E-state index in [1.54, 1.807) is 5.57 Å². The molecule has 1 aliphatic rings. The van der Waals surface area contributed by atoms with Crippen molar-refractivity contribution in [3.63, 3.8) is 0 Å². The highest BCUT2D eigenvalue weighted by atomic mass is 14.1. The summed E-state index contributed by atoms with van der Waals surface area (Å²) in [4.78, 5) is 0. The van der Waals surface area contributed by atoms with Crippen LogP contribution < -0.4 is 0 Å². The molecule has 1 saturated carbocycles. The minimum absolute atomic E-state index is 1.22. The predicted octanol–water partition coefficient (Wildman–Crippen LogP) is 3.06. The van der Waals surface area contributed by atoms with Crippen LogP contribution in [0.1, 0.15) is 32.6 Å². The lowest BCUT2D eigenvalue weighted by molar-refractivity contribution is 0.729. The maximum Gasteiger partial charge on any atom is -0.0283 e. The lowest BCUT2D eigenvalue weighted by atomic mass is 9.91. The Kier molecular flexibility index (Phi) is 2.10. The molecule has 50 valence electrons. The van der Waals surface area contributed by atoms with Crippen molar-refractivity contribution >= 4 is 0 Å². The molecular weight excluding hydrogens is 108 g/mol. The number of hydrogen-bond acceptors (Lipinski definition) is 0. The fourth-order valence-electron chi connectivity index (χ4n) is 1.21. The van der Waals surface area contributed by atoms with Crippen molar-refractivity contribution in [3.05, 3.63) is 23.8 Å². The second-order valence-electron chi connectivity index (χ2n) is 2.70. The fraction of sp³-hybridized carbons (Fsp3) is 0.556. The maximum atomic E-state index is 3.96. The quantitative estimate of drug-likeness (QED) is 0.433. The van der Waals surface area contributed by atoms with Crippen molar-refractivity contribution in [1.29, 1.82) is 0 Å². The van der Waals surface area contributed by atoms with Gasteiger partial charge in [0, 0.05) is 0 Å². The average molecular weight is 122 g/mol. The standard InChI is InChI=1S/C9H14/c1-3-9-6-4-8(2)5-7-9/h3H,2,4-7H2,1H3. The van der Waals surface area contributed by atoms with Crippen molar-refractivity contribution in [2.45, 2.75) is 32.6 Å². The van der Waals surface area contributed by atoms with Crippen LogP contribution in [0.2, 0.25) is 0 Å². The van der Waals surface area contributed by atoms with Gasteiger partial charge in [0.05, 0.1) is 0 Å². The first-order valence-corrected chi connectivity index (χ1v) is 3.63. The smallest absolute Gasteiger partial charge is 0.0283 e. The van der Waals surface area contributed by atoms with Gasteiger partial charge in [0.2, 0.25) is 0 Å². The number of allylic oxidation sites excluding steroid dienone is 3. The van der Waals surface area contributed by atoms with Crippen molar-refractivity contribution < 1.29 is 0 Å². The van der Waals surface area contributed by atoms with Crippen LogP contribution in [-0.4, -0.2) is 0 Å². The summed E-state index contributed by atoms with van der Waals surface area (Å²) in [7, 11) is 0. The molecule has 1 rings (SSSR count). The van der Waals surface area contributed by atoms with Crippen LogP contribution in [0.5, 0.6) is 0 Å². The molecule has 0 aromatic carbocycles. The molecule has 0 aromatic rings. The first-order chi connectivity index (χ1) is 4.33. The Labute approximate surface area is 57.3 Å². The highest BCUT2D eigenvalue weighted by Gasteiger charge is 2.05. The van der Waals surface area contributed by atoms with E-state index in [2.05, 4.69) is 19.6 Å². The SMILES string of the molecule is C=C1CCC(=CC)CC1. The van der Waals surface area contributed by atoms with E-state index in [1.807, 2.05) is 0 Å². The molecule has 1 aliphatic carbocycles. The van der Waals surface area contributed by atoms with Crippen LogP contribution in [0, 0.1) is 0 Å². The first kappa shape index (κ1) is 6.60. The molecule has 0 aliphatic heterocycles. The van der Waals surface area contributed by atoms with E-state index < -0.39 is 0 Å². The highest BCUT2D eigenvalue weighted by Crippen LogP contribution is 2.25. The molecule has 0 amide bonds. The molecule has 0 unspecified atom stereocenters. The molecule has 0 N–H and O–H groups in total. The summed E-state index contributed by atoms with van der Waals surface area (Å²) >= 11 is 0. The average Bonchev–Trinajstić information content (AvgIpc) is 1.90. The Bertz CT molecular complexity index is 128. The van der Waals surface area contributed by atoms with Crippen molar-refractivity contribution in [3.8, 4) is 0 Å². The van der Waals surface area contributed by atoms with Crippen LogP contribution in [0.3, 0.4) is 0 Å². The summed E-state index contributed by atoms with van der Waals surface area (Å²) in [6.45, 7) is 6.08. The van der Waals surface area contributed by atoms with Gasteiger partial charge < -0.3 is 0 Å². The summed E-state index contributed by atoms with van der Waals surface area (Å²) in [5.74, 6) is 0. The minimum atomic E-state index is 1.22. The van der Waals surface area contributed by atoms with E-state index in [0.29, 0.717) is 0 Å². The zero-order valence-corrected chi connectivity index (χ0v) is 6.11. The van der Waals surface area contributed by atoms with E-state index in [9.17, 15) is 0 Å². The second-order valence-corrected chi connectivity index (χ2v) is 2.70. The molecule has 1 fully saturated rings. The van der Waals surface area contributed by atoms with E-state index in [1.165, 1.54) is 31.3 Å². The van der Waals surface area contributed by atoms with E-state index in [-0.39, 0.29) is 0 Å². The van der Waals surface area contributed by atoms with Gasteiger partial charge in [-0.05, 0) is 32.6 Å². The highest BCUT2D eigenvalue weighted by molar-refractivity contribution is 5.12. The van der Waals surface area contributed by atoms with Gasteiger partial charge in [-0.1, -0.05) is 23.8 Å². The zero-order valence-electron chi connectivity index (χ0n) is 6.11. The van der Waals surface area contributed by atoms with Gasteiger partial charge in [-0.2, -0.15) is 0 Å². The van der Waals surface area contributed by atoms with Crippen LogP contribution in [0.4, 0.5) is 0 Å². The fourth-order valence-corrected chi connectivity index (χ4v) is 1.21. The van der Waals surface area contributed by atoms with Gasteiger partial charge in [-0.3, -0.25) is 0 Å². The minimum Gasteiger partial charge on any atom is -0.0998 e. The van der Waals surface area contributed by atoms with Crippen molar-refractivity contribution in [1.82, 2.24) is 0 Å². The third-order valence-electron chi connectivity index (χ3n) is 2.01. The number of hydrogen-bond donors (Lipinski definition) is 0. The summed E-state index contributed by atoms with van der Waals surface area (Å²) in [5.41, 5.74) is 3.04. The number of rotatable bonds is 0. The molecule has 0 saturated heterocycles. The molecular formula is C9H14. The van der Waals surface area contributed by atoms with E-state index in [0.717, 1.165) is 0 Å². The lowest BCUT2D eigenvalue weighted by Crippen LogP contribution is -1.95. The predicted molar refractivity (Wildman–Crippen MR) is 41.4 cm³/mol. The molecule has 0 heteroatoms. The zero-order chi connectivity index (χ0) is 6.69. The molecule has 0 aromatic heterocycles. The monoisotopic (exact) mass is 122 g/mol. The molecule has 0 nitrogen and oxygen atoms in total. The van der Waals surface area contributed by atoms with Crippen LogP contribution in [0.25, 0.3) is 0 Å². The second kappa shape index (κ2) is 2.86. The maximum absolute atomic E-state index is 3.96. The van der Waals surface area contributed by atoms with E-state index in [4.69, 9.17) is 0 Å². The van der Waals surface area contributed by atoms with Crippen LogP contribution in [-0.2, 0) is 0 Å². The van der Waals surface area contributed by atoms with E-state index >= 15 is 0 Å². The topological polar surface area (TPSA) is 0 Å². The Morgan fingerprint density at radius 2 is 1.78 bits per heavy atom. The molecule has 0 bridgehead atoms. The van der Waals surface area contributed by atoms with Gasteiger partial charge in [-0.25, -0.2) is 0 Å². The van der Waals surface area contributed by atoms with Gasteiger partial charge in [0.25, 0.3) is 0 Å². The summed E-state index contributed by atoms with van der Waals surface area (Å²) in [6, 6.07) is 0. The van der Waals surface area contributed by atoms with Gasteiger partial charge in [-0.15, -0.1) is 0 Å².